The van der Waals surface area contributed by atoms with Gasteiger partial charge in [0.05, 0.1) is 0 Å². The second-order valence-electron chi connectivity index (χ2n) is 4.33. The summed E-state index contributed by atoms with van der Waals surface area (Å²) < 4.78 is 2.21. The zero-order valence-electron chi connectivity index (χ0n) is 9.44. The van der Waals surface area contributed by atoms with Crippen molar-refractivity contribution in [3.05, 3.63) is 47.2 Å². The fraction of sp³-hybridized carbons (Fsp3) is 0.308. The van der Waals surface area contributed by atoms with Crippen LogP contribution in [0.2, 0.25) is 5.02 Å². The van der Waals surface area contributed by atoms with Crippen molar-refractivity contribution in [3.63, 3.8) is 0 Å². The molecule has 0 bridgehead atoms. The number of hydrogen-bond acceptors (Lipinski definition) is 2. The Morgan fingerprint density at radius 2 is 2.18 bits per heavy atom. The molecule has 1 N–H and O–H groups in total. The minimum atomic E-state index is 0.645. The highest BCUT2D eigenvalue weighted by molar-refractivity contribution is 6.31. The normalized spacial score (nSPS) is 14.9. The maximum absolute atomic E-state index is 6.11. The summed E-state index contributed by atoms with van der Waals surface area (Å²) >= 11 is 6.11. The summed E-state index contributed by atoms with van der Waals surface area (Å²) in [6.45, 7) is 0.712. The van der Waals surface area contributed by atoms with Crippen LogP contribution in [0.3, 0.4) is 0 Å². The van der Waals surface area contributed by atoms with Crippen LogP contribution in [-0.4, -0.2) is 9.55 Å². The Balaban J connectivity index is 1.71. The molecule has 0 amide bonds. The quantitative estimate of drug-likeness (QED) is 0.897. The maximum atomic E-state index is 6.11. The van der Waals surface area contributed by atoms with Gasteiger partial charge in [0.25, 0.3) is 0 Å². The third-order valence-corrected chi connectivity index (χ3v) is 3.37. The van der Waals surface area contributed by atoms with E-state index in [-0.39, 0.29) is 0 Å². The maximum Gasteiger partial charge on any atom is 0.203 e. The molecular weight excluding hydrogens is 234 g/mol. The SMILES string of the molecule is Clc1ccccc1CNc1nccn1C1CC1. The molecule has 1 aliphatic carbocycles. The first-order valence-corrected chi connectivity index (χ1v) is 6.22. The Morgan fingerprint density at radius 3 is 2.94 bits per heavy atom. The van der Waals surface area contributed by atoms with E-state index in [4.69, 9.17) is 11.6 Å². The largest absolute Gasteiger partial charge is 0.352 e. The highest BCUT2D eigenvalue weighted by atomic mass is 35.5. The van der Waals surface area contributed by atoms with Crippen LogP contribution < -0.4 is 5.32 Å². The van der Waals surface area contributed by atoms with E-state index < -0.39 is 0 Å². The monoisotopic (exact) mass is 247 g/mol. The first-order chi connectivity index (χ1) is 8.34. The molecule has 0 spiro atoms. The van der Waals surface area contributed by atoms with Gasteiger partial charge in [0.1, 0.15) is 0 Å². The second-order valence-corrected chi connectivity index (χ2v) is 4.74. The van der Waals surface area contributed by atoms with Crippen molar-refractivity contribution >= 4 is 17.5 Å². The summed E-state index contributed by atoms with van der Waals surface area (Å²) in [5.41, 5.74) is 1.10. The molecule has 2 aromatic rings. The van der Waals surface area contributed by atoms with Crippen LogP contribution >= 0.6 is 11.6 Å². The Kier molecular flexibility index (Phi) is 2.77. The van der Waals surface area contributed by atoms with Crippen molar-refractivity contribution < 1.29 is 0 Å². The zero-order chi connectivity index (χ0) is 11.7. The summed E-state index contributed by atoms with van der Waals surface area (Å²) in [7, 11) is 0. The summed E-state index contributed by atoms with van der Waals surface area (Å²) in [4.78, 5) is 4.33. The zero-order valence-corrected chi connectivity index (χ0v) is 10.2. The molecule has 1 aliphatic rings. The molecule has 3 rings (SSSR count). The van der Waals surface area contributed by atoms with Gasteiger partial charge in [0.2, 0.25) is 5.95 Å². The first-order valence-electron chi connectivity index (χ1n) is 5.85. The summed E-state index contributed by atoms with van der Waals surface area (Å²) in [6.07, 6.45) is 6.40. The van der Waals surface area contributed by atoms with Gasteiger partial charge in [-0.1, -0.05) is 29.8 Å². The van der Waals surface area contributed by atoms with E-state index in [1.54, 1.807) is 0 Å². The highest BCUT2D eigenvalue weighted by Gasteiger charge is 2.25. The first kappa shape index (κ1) is 10.7. The third kappa shape index (κ3) is 2.29. The molecule has 1 aromatic carbocycles. The number of imidazole rings is 1. The summed E-state index contributed by atoms with van der Waals surface area (Å²) in [5.74, 6) is 0.937. The Hall–Kier alpha value is -1.48. The molecule has 0 unspecified atom stereocenters. The smallest absolute Gasteiger partial charge is 0.203 e. The molecule has 1 aromatic heterocycles. The molecule has 17 heavy (non-hydrogen) atoms. The lowest BCUT2D eigenvalue weighted by atomic mass is 10.2. The number of halogens is 1. The predicted molar refractivity (Wildman–Crippen MR) is 69.3 cm³/mol. The van der Waals surface area contributed by atoms with E-state index >= 15 is 0 Å². The third-order valence-electron chi connectivity index (χ3n) is 3.00. The van der Waals surface area contributed by atoms with Crippen molar-refractivity contribution in [2.45, 2.75) is 25.4 Å². The molecule has 0 saturated heterocycles. The number of benzene rings is 1. The predicted octanol–water partition coefficient (Wildman–Crippen LogP) is 3.48. The van der Waals surface area contributed by atoms with E-state index in [0.717, 1.165) is 16.5 Å². The molecule has 1 heterocycles. The van der Waals surface area contributed by atoms with Crippen molar-refractivity contribution in [2.24, 2.45) is 0 Å². The molecule has 3 nitrogen and oxygen atoms in total. The molecule has 0 atom stereocenters. The van der Waals surface area contributed by atoms with Crippen molar-refractivity contribution in [1.82, 2.24) is 9.55 Å². The fourth-order valence-electron chi connectivity index (χ4n) is 1.91. The van der Waals surface area contributed by atoms with Crippen LogP contribution in [0, 0.1) is 0 Å². The molecular formula is C13H14ClN3. The second kappa shape index (κ2) is 4.41. The van der Waals surface area contributed by atoms with E-state index in [1.165, 1.54) is 12.8 Å². The lowest BCUT2D eigenvalue weighted by molar-refractivity contribution is 0.743. The average Bonchev–Trinajstić information content (AvgIpc) is 3.08. The van der Waals surface area contributed by atoms with Crippen LogP contribution in [0.5, 0.6) is 0 Å². The summed E-state index contributed by atoms with van der Waals surface area (Å²) in [6, 6.07) is 8.52. The molecule has 0 aliphatic heterocycles. The molecule has 1 fully saturated rings. The number of rotatable bonds is 4. The highest BCUT2D eigenvalue weighted by Crippen LogP contribution is 2.36. The Morgan fingerprint density at radius 1 is 1.35 bits per heavy atom. The van der Waals surface area contributed by atoms with Crippen LogP contribution in [0.4, 0.5) is 5.95 Å². The number of aromatic nitrogens is 2. The van der Waals surface area contributed by atoms with Gasteiger partial charge in [0, 0.05) is 30.0 Å². The van der Waals surface area contributed by atoms with Crippen LogP contribution in [-0.2, 0) is 6.54 Å². The Labute approximate surface area is 105 Å². The number of anilines is 1. The van der Waals surface area contributed by atoms with Gasteiger partial charge >= 0.3 is 0 Å². The lowest BCUT2D eigenvalue weighted by Crippen LogP contribution is -2.06. The molecule has 0 radical (unpaired) electrons. The van der Waals surface area contributed by atoms with E-state index in [1.807, 2.05) is 36.7 Å². The van der Waals surface area contributed by atoms with Gasteiger partial charge in [-0.15, -0.1) is 0 Å². The van der Waals surface area contributed by atoms with E-state index in [2.05, 4.69) is 14.9 Å². The fourth-order valence-corrected chi connectivity index (χ4v) is 2.12. The van der Waals surface area contributed by atoms with Gasteiger partial charge < -0.3 is 9.88 Å². The van der Waals surface area contributed by atoms with Crippen LogP contribution in [0.1, 0.15) is 24.4 Å². The van der Waals surface area contributed by atoms with E-state index in [0.29, 0.717) is 12.6 Å². The summed E-state index contributed by atoms with van der Waals surface area (Å²) in [5, 5.41) is 4.13. The molecule has 4 heteroatoms. The van der Waals surface area contributed by atoms with Crippen LogP contribution in [0.25, 0.3) is 0 Å². The van der Waals surface area contributed by atoms with Crippen molar-refractivity contribution in [2.75, 3.05) is 5.32 Å². The topological polar surface area (TPSA) is 29.9 Å². The van der Waals surface area contributed by atoms with E-state index in [9.17, 15) is 0 Å². The van der Waals surface area contributed by atoms with Gasteiger partial charge in [-0.05, 0) is 24.5 Å². The Bertz CT molecular complexity index is 517. The number of hydrogen-bond donors (Lipinski definition) is 1. The van der Waals surface area contributed by atoms with Gasteiger partial charge in [-0.3, -0.25) is 0 Å². The van der Waals surface area contributed by atoms with Gasteiger partial charge in [-0.2, -0.15) is 0 Å². The molecule has 1 saturated carbocycles. The minimum absolute atomic E-state index is 0.645. The van der Waals surface area contributed by atoms with Crippen LogP contribution in [0.15, 0.2) is 36.7 Å². The van der Waals surface area contributed by atoms with Gasteiger partial charge in [0.15, 0.2) is 0 Å². The standard InChI is InChI=1S/C13H14ClN3/c14-12-4-2-1-3-10(12)9-16-13-15-7-8-17(13)11-5-6-11/h1-4,7-8,11H,5-6,9H2,(H,15,16). The number of nitrogens with zero attached hydrogens (tertiary/aromatic N) is 2. The number of nitrogens with one attached hydrogen (secondary N) is 1. The van der Waals surface area contributed by atoms with Gasteiger partial charge in [-0.25, -0.2) is 4.98 Å². The average molecular weight is 248 g/mol. The molecule has 88 valence electrons. The van der Waals surface area contributed by atoms with Crippen molar-refractivity contribution in [3.8, 4) is 0 Å². The lowest BCUT2D eigenvalue weighted by Gasteiger charge is -2.09. The van der Waals surface area contributed by atoms with Crippen molar-refractivity contribution in [1.29, 1.82) is 0 Å². The minimum Gasteiger partial charge on any atom is -0.352 e.